The van der Waals surface area contributed by atoms with Crippen molar-refractivity contribution in [2.24, 2.45) is 0 Å². The lowest BCUT2D eigenvalue weighted by atomic mass is 9.70. The van der Waals surface area contributed by atoms with Crippen LogP contribution in [0.15, 0.2) is 31.4 Å². The van der Waals surface area contributed by atoms with Gasteiger partial charge in [0.15, 0.2) is 11.5 Å². The van der Waals surface area contributed by atoms with Crippen LogP contribution in [0.25, 0.3) is 0 Å². The maximum atomic E-state index is 13.1. The molecule has 0 unspecified atom stereocenters. The molecule has 1 aromatic carbocycles. The first-order chi connectivity index (χ1) is 13.9. The highest BCUT2D eigenvalue weighted by atomic mass is 16.7. The Morgan fingerprint density at radius 3 is 2.38 bits per heavy atom. The highest BCUT2D eigenvalue weighted by Gasteiger charge is 2.54. The van der Waals surface area contributed by atoms with Crippen molar-refractivity contribution in [3.8, 4) is 11.5 Å². The number of benzene rings is 1. The Balaban J connectivity index is 1.94. The second kappa shape index (κ2) is 7.34. The van der Waals surface area contributed by atoms with Crippen molar-refractivity contribution < 1.29 is 34.7 Å². The Hall–Kier alpha value is -2.59. The first kappa shape index (κ1) is 19.7. The molecule has 0 saturated heterocycles. The topological polar surface area (TPSA) is 132 Å². The molecule has 0 bridgehead atoms. The molecular formula is C20H24N2O7. The minimum absolute atomic E-state index is 0.0243. The number of carbonyl (C=O) groups excluding carboxylic acids is 1. The molecule has 1 aromatic rings. The normalized spacial score (nSPS) is 32.1. The monoisotopic (exact) mass is 404 g/mol. The summed E-state index contributed by atoms with van der Waals surface area (Å²) in [6.45, 7) is 8.28. The molecule has 1 saturated carbocycles. The van der Waals surface area contributed by atoms with Crippen molar-refractivity contribution in [2.75, 3.05) is 24.8 Å². The van der Waals surface area contributed by atoms with Gasteiger partial charge in [0.1, 0.15) is 18.3 Å². The van der Waals surface area contributed by atoms with Crippen molar-refractivity contribution in [3.05, 3.63) is 42.5 Å². The largest absolute Gasteiger partial charge is 0.453 e. The van der Waals surface area contributed by atoms with E-state index in [2.05, 4.69) is 18.5 Å². The molecule has 0 aromatic heterocycles. The standard InChI is InChI=1S/C20H24N2O7/c1-3-5-22(6-4-2)14-12-9(7-10-19(14)29-8-28-10)11-13(21-20(12)27)16(24)18(26)17(25)15(11)23/h3-4,7,11,13,15-18,23-26H,1-2,5-6,8H2,(H,21,27)/t11-,13-,15-,16+,17+,18+/m1/s1. The Morgan fingerprint density at radius 2 is 1.72 bits per heavy atom. The molecule has 9 nitrogen and oxygen atoms in total. The zero-order chi connectivity index (χ0) is 20.9. The lowest BCUT2D eigenvalue weighted by Gasteiger charge is -2.47. The van der Waals surface area contributed by atoms with E-state index in [4.69, 9.17) is 9.47 Å². The third-order valence-corrected chi connectivity index (χ3v) is 5.74. The Bertz CT molecular complexity index is 848. The van der Waals surface area contributed by atoms with Gasteiger partial charge in [-0.05, 0) is 11.6 Å². The molecule has 156 valence electrons. The molecule has 4 rings (SSSR count). The quantitative estimate of drug-likeness (QED) is 0.405. The lowest BCUT2D eigenvalue weighted by Crippen LogP contribution is -2.66. The zero-order valence-electron chi connectivity index (χ0n) is 15.7. The molecule has 3 aliphatic rings. The highest BCUT2D eigenvalue weighted by Crippen LogP contribution is 2.50. The smallest absolute Gasteiger partial charge is 0.254 e. The van der Waals surface area contributed by atoms with Gasteiger partial charge in [-0.1, -0.05) is 12.2 Å². The van der Waals surface area contributed by atoms with Gasteiger partial charge in [0.2, 0.25) is 6.79 Å². The maximum Gasteiger partial charge on any atom is 0.254 e. The highest BCUT2D eigenvalue weighted by molar-refractivity contribution is 6.05. The van der Waals surface area contributed by atoms with E-state index in [-0.39, 0.29) is 12.4 Å². The van der Waals surface area contributed by atoms with Crippen LogP contribution in [0, 0.1) is 0 Å². The first-order valence-corrected chi connectivity index (χ1v) is 9.37. The van der Waals surface area contributed by atoms with Crippen LogP contribution in [0.2, 0.25) is 0 Å². The van der Waals surface area contributed by atoms with Crippen LogP contribution in [0.1, 0.15) is 21.8 Å². The maximum absolute atomic E-state index is 13.1. The number of nitrogens with one attached hydrogen (secondary N) is 1. The fourth-order valence-electron chi connectivity index (χ4n) is 4.45. The van der Waals surface area contributed by atoms with Gasteiger partial charge in [-0.2, -0.15) is 0 Å². The zero-order valence-corrected chi connectivity index (χ0v) is 15.7. The van der Waals surface area contributed by atoms with E-state index in [0.29, 0.717) is 35.8 Å². The third kappa shape index (κ3) is 2.89. The van der Waals surface area contributed by atoms with E-state index in [0.717, 1.165) is 0 Å². The van der Waals surface area contributed by atoms with Crippen LogP contribution < -0.4 is 19.7 Å². The molecule has 5 N–H and O–H groups in total. The summed E-state index contributed by atoms with van der Waals surface area (Å²) >= 11 is 0. The summed E-state index contributed by atoms with van der Waals surface area (Å²) in [5.74, 6) is -0.540. The van der Waals surface area contributed by atoms with E-state index < -0.39 is 42.3 Å². The van der Waals surface area contributed by atoms with Gasteiger partial charge >= 0.3 is 0 Å². The predicted octanol–water partition coefficient (Wildman–Crippen LogP) is -0.754. The molecule has 0 spiro atoms. The number of aliphatic hydroxyl groups is 4. The molecule has 9 heteroatoms. The fourth-order valence-corrected chi connectivity index (χ4v) is 4.45. The number of carbonyl (C=O) groups is 1. The van der Waals surface area contributed by atoms with Crippen LogP contribution in [-0.2, 0) is 0 Å². The number of anilines is 1. The molecule has 29 heavy (non-hydrogen) atoms. The van der Waals surface area contributed by atoms with Crippen molar-refractivity contribution in [3.63, 3.8) is 0 Å². The second-order valence-corrected chi connectivity index (χ2v) is 7.39. The summed E-state index contributed by atoms with van der Waals surface area (Å²) in [6, 6.07) is 0.627. The van der Waals surface area contributed by atoms with Gasteiger partial charge < -0.3 is 40.1 Å². The SMILES string of the molecule is C=CCN(CC=C)c1c2c(cc3c1C(=O)N[C@H]1[C@H](O)[C@H](O)[C@@H](O)[C@H](O)[C@H]31)OCO2. The first-order valence-electron chi connectivity index (χ1n) is 9.37. The predicted molar refractivity (Wildman–Crippen MR) is 103 cm³/mol. The van der Waals surface area contributed by atoms with Crippen molar-refractivity contribution in [2.45, 2.75) is 36.4 Å². The Labute approximate surface area is 167 Å². The van der Waals surface area contributed by atoms with E-state index in [1.807, 2.05) is 4.90 Å². The number of fused-ring (bicyclic) bond motifs is 4. The third-order valence-electron chi connectivity index (χ3n) is 5.74. The van der Waals surface area contributed by atoms with Crippen LogP contribution in [0.5, 0.6) is 11.5 Å². The molecule has 1 fully saturated rings. The van der Waals surface area contributed by atoms with Crippen molar-refractivity contribution in [1.29, 1.82) is 0 Å². The van der Waals surface area contributed by atoms with E-state index in [1.54, 1.807) is 18.2 Å². The van der Waals surface area contributed by atoms with E-state index >= 15 is 0 Å². The molecule has 0 radical (unpaired) electrons. The number of aliphatic hydroxyl groups excluding tert-OH is 4. The number of nitrogens with zero attached hydrogens (tertiary/aromatic N) is 1. The molecule has 2 aliphatic heterocycles. The van der Waals surface area contributed by atoms with Gasteiger partial charge in [-0.3, -0.25) is 4.79 Å². The van der Waals surface area contributed by atoms with Crippen LogP contribution in [-0.4, -0.2) is 76.7 Å². The molecular weight excluding hydrogens is 380 g/mol. The lowest BCUT2D eigenvalue weighted by molar-refractivity contribution is -0.155. The number of hydrogen-bond acceptors (Lipinski definition) is 8. The summed E-state index contributed by atoms with van der Waals surface area (Å²) in [6.07, 6.45) is -2.65. The average molecular weight is 404 g/mol. The number of hydrogen-bond donors (Lipinski definition) is 5. The van der Waals surface area contributed by atoms with Gasteiger partial charge in [0.05, 0.1) is 23.4 Å². The molecule has 1 aliphatic carbocycles. The van der Waals surface area contributed by atoms with E-state index in [1.165, 1.54) is 0 Å². The summed E-state index contributed by atoms with van der Waals surface area (Å²) in [5, 5.41) is 44.0. The van der Waals surface area contributed by atoms with Crippen LogP contribution in [0.4, 0.5) is 5.69 Å². The molecule has 2 heterocycles. The average Bonchev–Trinajstić information content (AvgIpc) is 3.17. The Morgan fingerprint density at radius 1 is 1.07 bits per heavy atom. The van der Waals surface area contributed by atoms with Crippen LogP contribution in [0.3, 0.4) is 0 Å². The Kier molecular flexibility index (Phi) is 4.99. The second-order valence-electron chi connectivity index (χ2n) is 7.39. The van der Waals surface area contributed by atoms with Gasteiger partial charge in [-0.15, -0.1) is 13.2 Å². The number of rotatable bonds is 5. The van der Waals surface area contributed by atoms with Crippen molar-refractivity contribution >= 4 is 11.6 Å². The summed E-state index contributed by atoms with van der Waals surface area (Å²) in [5.41, 5.74) is 1.13. The fraction of sp³-hybridized carbons (Fsp3) is 0.450. The van der Waals surface area contributed by atoms with Crippen LogP contribution >= 0.6 is 0 Å². The van der Waals surface area contributed by atoms with E-state index in [9.17, 15) is 25.2 Å². The minimum Gasteiger partial charge on any atom is -0.453 e. The minimum atomic E-state index is -1.58. The summed E-state index contributed by atoms with van der Waals surface area (Å²) in [7, 11) is 0. The van der Waals surface area contributed by atoms with Gasteiger partial charge in [-0.25, -0.2) is 0 Å². The van der Waals surface area contributed by atoms with Gasteiger partial charge in [0, 0.05) is 19.0 Å². The summed E-state index contributed by atoms with van der Waals surface area (Å²) in [4.78, 5) is 14.9. The number of ether oxygens (including phenoxy) is 2. The van der Waals surface area contributed by atoms with Gasteiger partial charge in [0.25, 0.3) is 5.91 Å². The summed E-state index contributed by atoms with van der Waals surface area (Å²) < 4.78 is 11.2. The number of amides is 1. The molecule has 6 atom stereocenters. The van der Waals surface area contributed by atoms with Crippen molar-refractivity contribution in [1.82, 2.24) is 5.32 Å². The molecule has 1 amide bonds.